The molecule has 1 saturated heterocycles. The molecule has 1 atom stereocenters. The quantitative estimate of drug-likeness (QED) is 0.845. The highest BCUT2D eigenvalue weighted by atomic mass is 32.1. The van der Waals surface area contributed by atoms with Crippen molar-refractivity contribution in [1.29, 1.82) is 0 Å². The number of anilines is 1. The maximum atomic E-state index is 11.7. The lowest BCUT2D eigenvalue weighted by atomic mass is 10.1. The molecule has 0 aromatic carbocycles. The molecule has 1 unspecified atom stereocenters. The largest absolute Gasteiger partial charge is 0.462 e. The van der Waals surface area contributed by atoms with Crippen molar-refractivity contribution in [2.45, 2.75) is 32.8 Å². The topological polar surface area (TPSA) is 62.7 Å². The number of aryl methyl sites for hydroxylation is 1. The summed E-state index contributed by atoms with van der Waals surface area (Å²) < 4.78 is 4.99. The van der Waals surface area contributed by atoms with Crippen LogP contribution in [-0.2, 0) is 4.74 Å². The van der Waals surface area contributed by atoms with E-state index in [9.17, 15) is 9.90 Å². The third-order valence-corrected chi connectivity index (χ3v) is 4.17. The summed E-state index contributed by atoms with van der Waals surface area (Å²) in [6, 6.07) is 0. The molecule has 0 spiro atoms. The lowest BCUT2D eigenvalue weighted by Gasteiger charge is -2.17. The minimum atomic E-state index is -0.663. The van der Waals surface area contributed by atoms with E-state index in [4.69, 9.17) is 4.74 Å². The van der Waals surface area contributed by atoms with Crippen molar-refractivity contribution in [3.8, 4) is 0 Å². The van der Waals surface area contributed by atoms with Crippen LogP contribution in [0.1, 0.15) is 35.6 Å². The number of rotatable bonds is 3. The second-order valence-electron chi connectivity index (χ2n) is 4.80. The maximum Gasteiger partial charge on any atom is 0.350 e. The van der Waals surface area contributed by atoms with E-state index in [1.54, 1.807) is 13.8 Å². The molecular formula is C12H18N2O3S. The molecule has 1 fully saturated rings. The van der Waals surface area contributed by atoms with Crippen molar-refractivity contribution in [3.05, 3.63) is 10.6 Å². The number of ether oxygens (including phenoxy) is 1. The van der Waals surface area contributed by atoms with Crippen LogP contribution in [0.3, 0.4) is 0 Å². The van der Waals surface area contributed by atoms with Gasteiger partial charge in [0.25, 0.3) is 0 Å². The Bertz CT molecular complexity index is 456. The highest BCUT2D eigenvalue weighted by Crippen LogP contribution is 2.31. The Hall–Kier alpha value is -1.14. The first-order valence-electron chi connectivity index (χ1n) is 6.05. The Balaban J connectivity index is 2.17. The first-order valence-corrected chi connectivity index (χ1v) is 6.86. The first-order chi connectivity index (χ1) is 8.43. The summed E-state index contributed by atoms with van der Waals surface area (Å²) in [6.45, 7) is 7.10. The molecule has 0 aliphatic carbocycles. The van der Waals surface area contributed by atoms with Crippen LogP contribution in [0.2, 0.25) is 0 Å². The summed E-state index contributed by atoms with van der Waals surface area (Å²) in [5, 5.41) is 10.7. The average molecular weight is 270 g/mol. The lowest BCUT2D eigenvalue weighted by Crippen LogP contribution is -2.29. The van der Waals surface area contributed by atoms with Crippen LogP contribution in [-0.4, -0.2) is 41.4 Å². The molecule has 18 heavy (non-hydrogen) atoms. The van der Waals surface area contributed by atoms with E-state index in [2.05, 4.69) is 4.98 Å². The first kappa shape index (κ1) is 13.3. The molecular weight excluding hydrogens is 252 g/mol. The lowest BCUT2D eigenvalue weighted by molar-refractivity contribution is 0.0531. The van der Waals surface area contributed by atoms with Gasteiger partial charge in [0.2, 0.25) is 0 Å². The minimum absolute atomic E-state index is 0.315. The van der Waals surface area contributed by atoms with Gasteiger partial charge in [-0.05, 0) is 27.2 Å². The van der Waals surface area contributed by atoms with Gasteiger partial charge in [-0.25, -0.2) is 9.78 Å². The molecule has 5 nitrogen and oxygen atoms in total. The second kappa shape index (κ2) is 4.85. The average Bonchev–Trinajstić information content (AvgIpc) is 2.82. The number of hydrogen-bond donors (Lipinski definition) is 1. The fraction of sp³-hybridized carbons (Fsp3) is 0.667. The number of carbonyl (C=O) groups excluding carboxylic acids is 1. The minimum Gasteiger partial charge on any atom is -0.462 e. The summed E-state index contributed by atoms with van der Waals surface area (Å²) in [4.78, 5) is 18.7. The van der Waals surface area contributed by atoms with Crippen molar-refractivity contribution in [3.63, 3.8) is 0 Å². The summed E-state index contributed by atoms with van der Waals surface area (Å²) in [5.74, 6) is -0.315. The maximum absolute atomic E-state index is 11.7. The summed E-state index contributed by atoms with van der Waals surface area (Å²) in [7, 11) is 0. The predicted octanol–water partition coefficient (Wildman–Crippen LogP) is 1.59. The number of carbonyl (C=O) groups is 1. The zero-order chi connectivity index (χ0) is 13.3. The van der Waals surface area contributed by atoms with Crippen molar-refractivity contribution in [2.24, 2.45) is 0 Å². The zero-order valence-electron chi connectivity index (χ0n) is 10.9. The van der Waals surface area contributed by atoms with Crippen LogP contribution < -0.4 is 4.90 Å². The van der Waals surface area contributed by atoms with Gasteiger partial charge in [0.15, 0.2) is 5.13 Å². The van der Waals surface area contributed by atoms with Gasteiger partial charge in [0, 0.05) is 13.1 Å². The summed E-state index contributed by atoms with van der Waals surface area (Å²) in [6.07, 6.45) is 0.723. The van der Waals surface area contributed by atoms with Crippen molar-refractivity contribution in [2.75, 3.05) is 24.6 Å². The van der Waals surface area contributed by atoms with Crippen molar-refractivity contribution < 1.29 is 14.6 Å². The molecule has 2 rings (SSSR count). The zero-order valence-corrected chi connectivity index (χ0v) is 11.7. The van der Waals surface area contributed by atoms with Gasteiger partial charge in [-0.1, -0.05) is 11.3 Å². The van der Waals surface area contributed by atoms with Gasteiger partial charge < -0.3 is 14.7 Å². The van der Waals surface area contributed by atoms with Gasteiger partial charge in [-0.15, -0.1) is 0 Å². The molecule has 0 amide bonds. The van der Waals surface area contributed by atoms with Gasteiger partial charge in [-0.2, -0.15) is 0 Å². The molecule has 0 bridgehead atoms. The standard InChI is InChI=1S/C12H18N2O3S/c1-4-17-10(15)9-8(2)13-11(18-9)14-6-5-12(3,16)7-14/h16H,4-7H2,1-3H3. The molecule has 100 valence electrons. The Morgan fingerprint density at radius 3 is 2.94 bits per heavy atom. The highest BCUT2D eigenvalue weighted by Gasteiger charge is 2.33. The molecule has 1 aliphatic heterocycles. The van der Waals surface area contributed by atoms with Crippen LogP contribution in [0.15, 0.2) is 0 Å². The third-order valence-electron chi connectivity index (χ3n) is 2.97. The Morgan fingerprint density at radius 1 is 1.67 bits per heavy atom. The monoisotopic (exact) mass is 270 g/mol. The fourth-order valence-electron chi connectivity index (χ4n) is 2.01. The van der Waals surface area contributed by atoms with Crippen LogP contribution in [0.25, 0.3) is 0 Å². The third kappa shape index (κ3) is 2.64. The summed E-state index contributed by atoms with van der Waals surface area (Å²) >= 11 is 1.33. The highest BCUT2D eigenvalue weighted by molar-refractivity contribution is 7.17. The van der Waals surface area contributed by atoms with Crippen molar-refractivity contribution >= 4 is 22.4 Å². The number of aliphatic hydroxyl groups is 1. The van der Waals surface area contributed by atoms with E-state index in [1.807, 2.05) is 11.8 Å². The molecule has 1 N–H and O–H groups in total. The van der Waals surface area contributed by atoms with E-state index in [0.717, 1.165) is 18.1 Å². The number of hydrogen-bond acceptors (Lipinski definition) is 6. The fourth-order valence-corrected chi connectivity index (χ4v) is 3.00. The molecule has 2 heterocycles. The van der Waals surface area contributed by atoms with Gasteiger partial charge in [0.05, 0.1) is 17.9 Å². The summed E-state index contributed by atoms with van der Waals surface area (Å²) in [5.41, 5.74) is 0.0314. The normalized spacial score (nSPS) is 23.4. The molecule has 1 aliphatic rings. The van der Waals surface area contributed by atoms with E-state index < -0.39 is 5.60 Å². The number of thiazole rings is 1. The van der Waals surface area contributed by atoms with Crippen LogP contribution in [0, 0.1) is 6.92 Å². The smallest absolute Gasteiger partial charge is 0.350 e. The SMILES string of the molecule is CCOC(=O)c1sc(N2CCC(C)(O)C2)nc1C. The molecule has 6 heteroatoms. The van der Waals surface area contributed by atoms with Gasteiger partial charge in [0.1, 0.15) is 4.88 Å². The van der Waals surface area contributed by atoms with E-state index in [-0.39, 0.29) is 5.97 Å². The number of esters is 1. The van der Waals surface area contributed by atoms with Crippen LogP contribution >= 0.6 is 11.3 Å². The molecule has 1 aromatic rings. The van der Waals surface area contributed by atoms with Gasteiger partial charge >= 0.3 is 5.97 Å². The Labute approximate surface area is 110 Å². The van der Waals surface area contributed by atoms with E-state index in [1.165, 1.54) is 11.3 Å². The number of nitrogens with zero attached hydrogens (tertiary/aromatic N) is 2. The number of aromatic nitrogens is 1. The Morgan fingerprint density at radius 2 is 2.39 bits per heavy atom. The van der Waals surface area contributed by atoms with E-state index in [0.29, 0.717) is 23.7 Å². The number of β-amino-alcohol motifs (C(OH)–C–C–N with tert-alkyl or cyclic N) is 1. The second-order valence-corrected chi connectivity index (χ2v) is 5.78. The van der Waals surface area contributed by atoms with Crippen molar-refractivity contribution in [1.82, 2.24) is 4.98 Å². The van der Waals surface area contributed by atoms with Gasteiger partial charge in [-0.3, -0.25) is 0 Å². The molecule has 1 aromatic heterocycles. The predicted molar refractivity (Wildman–Crippen MR) is 70.3 cm³/mol. The van der Waals surface area contributed by atoms with Crippen LogP contribution in [0.5, 0.6) is 0 Å². The Kier molecular flexibility index (Phi) is 3.59. The molecule has 0 saturated carbocycles. The van der Waals surface area contributed by atoms with Crippen LogP contribution in [0.4, 0.5) is 5.13 Å². The molecule has 0 radical (unpaired) electrons. The van der Waals surface area contributed by atoms with E-state index >= 15 is 0 Å².